The molecular formula is C16H23N5O3. The van der Waals surface area contributed by atoms with Crippen LogP contribution in [-0.4, -0.2) is 53.8 Å². The molecule has 3 rings (SSSR count). The third-order valence-corrected chi connectivity index (χ3v) is 4.64. The molecule has 1 saturated heterocycles. The molecule has 0 bridgehead atoms. The first kappa shape index (κ1) is 16.6. The largest absolute Gasteiger partial charge is 0.378 e. The molecule has 0 radical (unpaired) electrons. The first-order valence-electron chi connectivity index (χ1n) is 8.42. The number of aromatic nitrogens is 2. The fraction of sp³-hybridized carbons (Fsp3) is 0.625. The van der Waals surface area contributed by atoms with Crippen LogP contribution >= 0.6 is 0 Å². The average molecular weight is 333 g/mol. The standard InChI is InChI=1S/C16H23N5O3/c1-2-7-20(13-5-3-4-6-13)16-14(21(22)23)15(17-12-18-16)19-8-10-24-11-9-19/h2,12-13H,1,3-11H2. The van der Waals surface area contributed by atoms with Gasteiger partial charge in [-0.25, -0.2) is 9.97 Å². The summed E-state index contributed by atoms with van der Waals surface area (Å²) >= 11 is 0. The van der Waals surface area contributed by atoms with E-state index in [4.69, 9.17) is 4.74 Å². The van der Waals surface area contributed by atoms with Crippen molar-refractivity contribution in [1.29, 1.82) is 0 Å². The van der Waals surface area contributed by atoms with E-state index in [0.717, 1.165) is 25.7 Å². The van der Waals surface area contributed by atoms with Crippen molar-refractivity contribution in [2.45, 2.75) is 31.7 Å². The first-order valence-corrected chi connectivity index (χ1v) is 8.42. The second-order valence-electron chi connectivity index (χ2n) is 6.11. The summed E-state index contributed by atoms with van der Waals surface area (Å²) in [5.74, 6) is 0.795. The van der Waals surface area contributed by atoms with Crippen molar-refractivity contribution in [2.24, 2.45) is 0 Å². The Kier molecular flexibility index (Phi) is 5.24. The van der Waals surface area contributed by atoms with Crippen LogP contribution in [0, 0.1) is 10.1 Å². The summed E-state index contributed by atoms with van der Waals surface area (Å²) in [4.78, 5) is 23.9. The summed E-state index contributed by atoms with van der Waals surface area (Å²) in [6.45, 7) is 6.65. The van der Waals surface area contributed by atoms with Crippen molar-refractivity contribution in [3.8, 4) is 0 Å². The van der Waals surface area contributed by atoms with Crippen LogP contribution in [0.2, 0.25) is 0 Å². The Bertz CT molecular complexity index is 597. The van der Waals surface area contributed by atoms with Gasteiger partial charge in [-0.15, -0.1) is 6.58 Å². The highest BCUT2D eigenvalue weighted by atomic mass is 16.6. The minimum Gasteiger partial charge on any atom is -0.378 e. The van der Waals surface area contributed by atoms with Gasteiger partial charge in [0.15, 0.2) is 0 Å². The maximum Gasteiger partial charge on any atom is 0.353 e. The Morgan fingerprint density at radius 2 is 2.08 bits per heavy atom. The molecule has 8 heteroatoms. The highest BCUT2D eigenvalue weighted by Crippen LogP contribution is 2.37. The number of nitro groups is 1. The van der Waals surface area contributed by atoms with E-state index in [9.17, 15) is 10.1 Å². The second kappa shape index (κ2) is 7.57. The second-order valence-corrected chi connectivity index (χ2v) is 6.11. The average Bonchev–Trinajstić information content (AvgIpc) is 3.14. The molecule has 24 heavy (non-hydrogen) atoms. The summed E-state index contributed by atoms with van der Waals surface area (Å²) in [5, 5.41) is 11.8. The fourth-order valence-electron chi connectivity index (χ4n) is 3.50. The zero-order valence-electron chi connectivity index (χ0n) is 13.8. The molecule has 0 amide bonds. The smallest absolute Gasteiger partial charge is 0.353 e. The molecule has 0 spiro atoms. The van der Waals surface area contributed by atoms with Crippen LogP contribution in [0.5, 0.6) is 0 Å². The van der Waals surface area contributed by atoms with E-state index < -0.39 is 0 Å². The minimum atomic E-state index is -0.356. The fourth-order valence-corrected chi connectivity index (χ4v) is 3.50. The van der Waals surface area contributed by atoms with Gasteiger partial charge in [0.25, 0.3) is 0 Å². The van der Waals surface area contributed by atoms with Crippen molar-refractivity contribution >= 4 is 17.3 Å². The van der Waals surface area contributed by atoms with Crippen LogP contribution < -0.4 is 9.80 Å². The van der Waals surface area contributed by atoms with Crippen LogP contribution in [0.4, 0.5) is 17.3 Å². The molecule has 1 aromatic rings. The Labute approximate surface area is 141 Å². The van der Waals surface area contributed by atoms with Gasteiger partial charge in [0.2, 0.25) is 11.6 Å². The maximum atomic E-state index is 11.8. The first-order chi connectivity index (χ1) is 11.7. The van der Waals surface area contributed by atoms with Crippen molar-refractivity contribution < 1.29 is 9.66 Å². The number of morpholine rings is 1. The topological polar surface area (TPSA) is 84.6 Å². The van der Waals surface area contributed by atoms with Crippen LogP contribution in [0.1, 0.15) is 25.7 Å². The third kappa shape index (κ3) is 3.33. The highest BCUT2D eigenvalue weighted by molar-refractivity contribution is 5.71. The van der Waals surface area contributed by atoms with E-state index in [1.54, 1.807) is 6.08 Å². The molecule has 2 aliphatic rings. The molecule has 0 atom stereocenters. The molecule has 1 aromatic heterocycles. The van der Waals surface area contributed by atoms with Gasteiger partial charge >= 0.3 is 5.69 Å². The molecule has 1 saturated carbocycles. The summed E-state index contributed by atoms with van der Waals surface area (Å²) in [6, 6.07) is 0.272. The SMILES string of the molecule is C=CCN(c1ncnc(N2CCOCC2)c1[N+](=O)[O-])C1CCCC1. The van der Waals surface area contributed by atoms with E-state index in [0.29, 0.717) is 44.5 Å². The Morgan fingerprint density at radius 3 is 2.71 bits per heavy atom. The van der Waals surface area contributed by atoms with Crippen molar-refractivity contribution in [3.05, 3.63) is 29.1 Å². The molecule has 2 fully saturated rings. The van der Waals surface area contributed by atoms with Gasteiger partial charge in [-0.2, -0.15) is 0 Å². The van der Waals surface area contributed by atoms with E-state index in [-0.39, 0.29) is 16.7 Å². The van der Waals surface area contributed by atoms with Crippen molar-refractivity contribution in [3.63, 3.8) is 0 Å². The number of rotatable bonds is 6. The van der Waals surface area contributed by atoms with Crippen LogP contribution in [0.15, 0.2) is 19.0 Å². The molecule has 2 heterocycles. The Hall–Kier alpha value is -2.22. The number of hydrogen-bond donors (Lipinski definition) is 0. The zero-order chi connectivity index (χ0) is 16.9. The third-order valence-electron chi connectivity index (χ3n) is 4.64. The maximum absolute atomic E-state index is 11.8. The number of ether oxygens (including phenoxy) is 1. The lowest BCUT2D eigenvalue weighted by atomic mass is 10.2. The van der Waals surface area contributed by atoms with Crippen LogP contribution in [0.25, 0.3) is 0 Å². The molecule has 1 aliphatic carbocycles. The quantitative estimate of drug-likeness (QED) is 0.448. The van der Waals surface area contributed by atoms with Crippen LogP contribution in [0.3, 0.4) is 0 Å². The van der Waals surface area contributed by atoms with Gasteiger partial charge in [0.1, 0.15) is 6.33 Å². The van der Waals surface area contributed by atoms with E-state index >= 15 is 0 Å². The molecule has 0 N–H and O–H groups in total. The number of hydrogen-bond acceptors (Lipinski definition) is 7. The van der Waals surface area contributed by atoms with Gasteiger partial charge < -0.3 is 14.5 Å². The van der Waals surface area contributed by atoms with E-state index in [1.807, 2.05) is 9.80 Å². The van der Waals surface area contributed by atoms with Gasteiger partial charge in [-0.1, -0.05) is 18.9 Å². The lowest BCUT2D eigenvalue weighted by Crippen LogP contribution is -2.38. The minimum absolute atomic E-state index is 0.00634. The molecule has 130 valence electrons. The molecule has 0 unspecified atom stereocenters. The predicted octanol–water partition coefficient (Wildman–Crippen LogP) is 2.16. The van der Waals surface area contributed by atoms with Gasteiger partial charge in [-0.3, -0.25) is 10.1 Å². The molecule has 8 nitrogen and oxygen atoms in total. The van der Waals surface area contributed by atoms with Crippen LogP contribution in [-0.2, 0) is 4.74 Å². The summed E-state index contributed by atoms with van der Waals surface area (Å²) in [7, 11) is 0. The normalized spacial score (nSPS) is 18.6. The van der Waals surface area contributed by atoms with E-state index in [2.05, 4.69) is 16.5 Å². The summed E-state index contributed by atoms with van der Waals surface area (Å²) in [5.41, 5.74) is -0.00634. The lowest BCUT2D eigenvalue weighted by molar-refractivity contribution is -0.383. The Balaban J connectivity index is 2.01. The van der Waals surface area contributed by atoms with Gasteiger partial charge in [-0.05, 0) is 12.8 Å². The monoisotopic (exact) mass is 333 g/mol. The number of nitrogens with zero attached hydrogens (tertiary/aromatic N) is 5. The summed E-state index contributed by atoms with van der Waals surface area (Å²) < 4.78 is 5.34. The lowest BCUT2D eigenvalue weighted by Gasteiger charge is -2.31. The highest BCUT2D eigenvalue weighted by Gasteiger charge is 2.33. The van der Waals surface area contributed by atoms with E-state index in [1.165, 1.54) is 6.33 Å². The van der Waals surface area contributed by atoms with Gasteiger partial charge in [0, 0.05) is 25.7 Å². The zero-order valence-corrected chi connectivity index (χ0v) is 13.8. The van der Waals surface area contributed by atoms with Crippen molar-refractivity contribution in [1.82, 2.24) is 9.97 Å². The molecular weight excluding hydrogens is 310 g/mol. The van der Waals surface area contributed by atoms with Crippen molar-refractivity contribution in [2.75, 3.05) is 42.6 Å². The molecule has 1 aliphatic heterocycles. The summed E-state index contributed by atoms with van der Waals surface area (Å²) in [6.07, 6.45) is 7.56. The number of anilines is 2. The van der Waals surface area contributed by atoms with Gasteiger partial charge in [0.05, 0.1) is 18.1 Å². The predicted molar refractivity (Wildman–Crippen MR) is 91.5 cm³/mol. The Morgan fingerprint density at radius 1 is 1.38 bits per heavy atom. The molecule has 0 aromatic carbocycles.